The number of carbonyl (C=O) groups excluding carboxylic acids is 1. The van der Waals surface area contributed by atoms with Gasteiger partial charge < -0.3 is 10.2 Å². The summed E-state index contributed by atoms with van der Waals surface area (Å²) in [4.78, 5) is 13.9. The van der Waals surface area contributed by atoms with Crippen LogP contribution in [0.25, 0.3) is 0 Å². The molecule has 1 amide bonds. The smallest absolute Gasteiger partial charge is 0.222 e. The van der Waals surface area contributed by atoms with E-state index in [1.54, 1.807) is 0 Å². The minimum absolute atomic E-state index is 0.0215. The highest BCUT2D eigenvalue weighted by molar-refractivity contribution is 5.78. The van der Waals surface area contributed by atoms with Crippen LogP contribution in [0.2, 0.25) is 0 Å². The Hall–Kier alpha value is -0.640. The van der Waals surface area contributed by atoms with E-state index in [2.05, 4.69) is 24.1 Å². The van der Waals surface area contributed by atoms with Gasteiger partial charge in [0.2, 0.25) is 5.91 Å². The fraction of sp³-hybridized carbons (Fsp3) is 0.929. The third-order valence-electron chi connectivity index (χ3n) is 3.63. The van der Waals surface area contributed by atoms with Gasteiger partial charge in [-0.15, -0.1) is 0 Å². The topological polar surface area (TPSA) is 32.3 Å². The number of hydrogen-bond acceptors (Lipinski definition) is 2. The number of rotatable bonds is 6. The Morgan fingerprint density at radius 2 is 2.06 bits per heavy atom. The van der Waals surface area contributed by atoms with Crippen molar-refractivity contribution in [3.05, 3.63) is 0 Å². The summed E-state index contributed by atoms with van der Waals surface area (Å²) >= 11 is 0. The molecule has 0 radical (unpaired) electrons. The summed E-state index contributed by atoms with van der Waals surface area (Å²) in [5, 5.41) is 3.09. The maximum Gasteiger partial charge on any atom is 0.222 e. The highest BCUT2D eigenvalue weighted by Crippen LogP contribution is 2.15. The number of likely N-dealkylation sites (tertiary alicyclic amines) is 1. The molecule has 3 nitrogen and oxygen atoms in total. The summed E-state index contributed by atoms with van der Waals surface area (Å²) in [5.74, 6) is 0.545. The molecule has 1 fully saturated rings. The summed E-state index contributed by atoms with van der Waals surface area (Å²) in [6, 6.07) is 0.193. The summed E-state index contributed by atoms with van der Waals surface area (Å²) in [5.41, 5.74) is 0. The van der Waals surface area contributed by atoms with Crippen LogP contribution in [0.1, 0.15) is 40.5 Å². The number of nitrogens with zero attached hydrogens (tertiary/aromatic N) is 1. The van der Waals surface area contributed by atoms with Crippen molar-refractivity contribution < 1.29 is 9.18 Å². The Morgan fingerprint density at radius 3 is 2.50 bits per heavy atom. The molecule has 18 heavy (non-hydrogen) atoms. The molecule has 2 atom stereocenters. The number of hydrogen-bond donors (Lipinski definition) is 1. The lowest BCUT2D eigenvalue weighted by atomic mass is 9.99. The van der Waals surface area contributed by atoms with Crippen LogP contribution in [0.4, 0.5) is 4.39 Å². The van der Waals surface area contributed by atoms with Crippen molar-refractivity contribution in [1.82, 2.24) is 10.2 Å². The molecule has 1 heterocycles. The third kappa shape index (κ3) is 4.92. The first-order valence-corrected chi connectivity index (χ1v) is 7.07. The number of alkyl halides is 1. The molecule has 1 N–H and O–H groups in total. The molecular formula is C14H27FN2O. The second kappa shape index (κ2) is 7.07. The Kier molecular flexibility index (Phi) is 6.06. The van der Waals surface area contributed by atoms with Gasteiger partial charge in [-0.25, -0.2) is 4.39 Å². The van der Waals surface area contributed by atoms with Crippen molar-refractivity contribution >= 4 is 5.91 Å². The molecule has 106 valence electrons. The van der Waals surface area contributed by atoms with E-state index in [1.807, 2.05) is 13.8 Å². The largest absolute Gasteiger partial charge is 0.353 e. The van der Waals surface area contributed by atoms with Crippen LogP contribution in [-0.4, -0.2) is 42.7 Å². The maximum atomic E-state index is 13.1. The molecule has 0 aromatic heterocycles. The van der Waals surface area contributed by atoms with Gasteiger partial charge in [-0.05, 0) is 18.8 Å². The average molecular weight is 258 g/mol. The normalized spacial score (nSPS) is 22.7. The zero-order valence-corrected chi connectivity index (χ0v) is 12.1. The molecular weight excluding hydrogens is 231 g/mol. The second-order valence-corrected chi connectivity index (χ2v) is 5.99. The lowest BCUT2D eigenvalue weighted by molar-refractivity contribution is -0.125. The fourth-order valence-electron chi connectivity index (χ4n) is 2.23. The molecule has 1 rings (SSSR count). The third-order valence-corrected chi connectivity index (χ3v) is 3.63. The lowest BCUT2D eigenvalue weighted by Gasteiger charge is -2.25. The number of nitrogens with one attached hydrogen (secondary N) is 1. The van der Waals surface area contributed by atoms with E-state index in [9.17, 15) is 9.18 Å². The van der Waals surface area contributed by atoms with Crippen LogP contribution in [-0.2, 0) is 4.79 Å². The van der Waals surface area contributed by atoms with E-state index in [4.69, 9.17) is 0 Å². The first kappa shape index (κ1) is 15.4. The molecule has 0 saturated carbocycles. The van der Waals surface area contributed by atoms with Crippen molar-refractivity contribution in [2.75, 3.05) is 19.6 Å². The van der Waals surface area contributed by atoms with Crippen LogP contribution in [0.15, 0.2) is 0 Å². The molecule has 0 bridgehead atoms. The Labute approximate surface area is 110 Å². The summed E-state index contributed by atoms with van der Waals surface area (Å²) in [6.07, 6.45) is 0.904. The van der Waals surface area contributed by atoms with Crippen LogP contribution < -0.4 is 5.32 Å². The predicted molar refractivity (Wildman–Crippen MR) is 72.2 cm³/mol. The van der Waals surface area contributed by atoms with E-state index < -0.39 is 6.17 Å². The van der Waals surface area contributed by atoms with Crippen LogP contribution >= 0.6 is 0 Å². The highest BCUT2D eigenvalue weighted by atomic mass is 19.1. The van der Waals surface area contributed by atoms with Crippen molar-refractivity contribution in [3.63, 3.8) is 0 Å². The van der Waals surface area contributed by atoms with Crippen molar-refractivity contribution in [3.8, 4) is 0 Å². The standard InChI is InChI=1S/C14H27FN2O/c1-10(2)13(16-14(18)11(3)4)6-8-17-7-5-12(15)9-17/h10-13H,5-9H2,1-4H3,(H,16,18)/t12-,13?/m1/s1. The van der Waals surface area contributed by atoms with Gasteiger partial charge in [0, 0.05) is 31.6 Å². The molecule has 1 aliphatic rings. The van der Waals surface area contributed by atoms with Gasteiger partial charge in [0.1, 0.15) is 6.17 Å². The lowest BCUT2D eigenvalue weighted by Crippen LogP contribution is -2.42. The van der Waals surface area contributed by atoms with E-state index in [1.165, 1.54) is 0 Å². The molecule has 0 spiro atoms. The molecule has 4 heteroatoms. The van der Waals surface area contributed by atoms with Crippen molar-refractivity contribution in [2.24, 2.45) is 11.8 Å². The van der Waals surface area contributed by atoms with E-state index in [0.717, 1.165) is 19.5 Å². The van der Waals surface area contributed by atoms with Gasteiger partial charge >= 0.3 is 0 Å². The zero-order chi connectivity index (χ0) is 13.7. The molecule has 0 aromatic carbocycles. The summed E-state index contributed by atoms with van der Waals surface area (Å²) in [6.45, 7) is 10.3. The maximum absolute atomic E-state index is 13.1. The van der Waals surface area contributed by atoms with E-state index in [0.29, 0.717) is 18.9 Å². The minimum atomic E-state index is -0.659. The van der Waals surface area contributed by atoms with Gasteiger partial charge in [0.05, 0.1) is 0 Å². The SMILES string of the molecule is CC(C)C(=O)NC(CCN1CC[C@@H](F)C1)C(C)C. The monoisotopic (exact) mass is 258 g/mol. The fourth-order valence-corrected chi connectivity index (χ4v) is 2.23. The Morgan fingerprint density at radius 1 is 1.39 bits per heavy atom. The summed E-state index contributed by atoms with van der Waals surface area (Å²) < 4.78 is 13.1. The molecule has 1 unspecified atom stereocenters. The first-order valence-electron chi connectivity index (χ1n) is 7.07. The van der Waals surface area contributed by atoms with Crippen LogP contribution in [0.5, 0.6) is 0 Å². The molecule has 0 aromatic rings. The second-order valence-electron chi connectivity index (χ2n) is 5.99. The molecule has 1 aliphatic heterocycles. The van der Waals surface area contributed by atoms with Crippen LogP contribution in [0.3, 0.4) is 0 Å². The zero-order valence-electron chi connectivity index (χ0n) is 12.1. The first-order chi connectivity index (χ1) is 8.40. The number of halogens is 1. The van der Waals surface area contributed by atoms with Gasteiger partial charge in [0.15, 0.2) is 0 Å². The van der Waals surface area contributed by atoms with Gasteiger partial charge in [-0.3, -0.25) is 4.79 Å². The highest BCUT2D eigenvalue weighted by Gasteiger charge is 2.24. The number of carbonyl (C=O) groups is 1. The Balaban J connectivity index is 2.36. The molecule has 0 aliphatic carbocycles. The van der Waals surface area contributed by atoms with Crippen LogP contribution in [0, 0.1) is 11.8 Å². The average Bonchev–Trinajstić information content (AvgIpc) is 2.69. The minimum Gasteiger partial charge on any atom is -0.353 e. The van der Waals surface area contributed by atoms with Crippen molar-refractivity contribution in [2.45, 2.75) is 52.8 Å². The number of amides is 1. The van der Waals surface area contributed by atoms with Gasteiger partial charge in [-0.1, -0.05) is 27.7 Å². The van der Waals surface area contributed by atoms with Gasteiger partial charge in [0.25, 0.3) is 0 Å². The van der Waals surface area contributed by atoms with E-state index in [-0.39, 0.29) is 17.9 Å². The predicted octanol–water partition coefficient (Wildman–Crippen LogP) is 2.22. The quantitative estimate of drug-likeness (QED) is 0.792. The van der Waals surface area contributed by atoms with Gasteiger partial charge in [-0.2, -0.15) is 0 Å². The Bertz CT molecular complexity index is 269. The summed E-state index contributed by atoms with van der Waals surface area (Å²) in [7, 11) is 0. The van der Waals surface area contributed by atoms with Crippen molar-refractivity contribution in [1.29, 1.82) is 0 Å². The molecule has 1 saturated heterocycles. The van der Waals surface area contributed by atoms with E-state index >= 15 is 0 Å².